The van der Waals surface area contributed by atoms with Crippen molar-refractivity contribution in [3.63, 3.8) is 0 Å². The van der Waals surface area contributed by atoms with Crippen molar-refractivity contribution in [1.82, 2.24) is 5.32 Å². The number of unbranched alkanes of at least 4 members (excludes halogenated alkanes) is 1. The second-order valence-electron chi connectivity index (χ2n) is 3.48. The highest BCUT2D eigenvalue weighted by Crippen LogP contribution is 2.22. The van der Waals surface area contributed by atoms with E-state index in [1.54, 1.807) is 19.2 Å². The second-order valence-corrected chi connectivity index (χ2v) is 3.48. The van der Waals surface area contributed by atoms with Crippen molar-refractivity contribution in [2.24, 2.45) is 0 Å². The monoisotopic (exact) mass is 219 g/mol. The normalized spacial score (nSPS) is 9.75. The quantitative estimate of drug-likeness (QED) is 0.567. The number of aromatic hydroxyl groups is 1. The van der Waals surface area contributed by atoms with Crippen LogP contribution in [0.3, 0.4) is 0 Å². The smallest absolute Gasteiger partial charge is 0.120 e. The third-order valence-corrected chi connectivity index (χ3v) is 2.28. The average Bonchev–Trinajstić information content (AvgIpc) is 2.31. The van der Waals surface area contributed by atoms with E-state index in [9.17, 15) is 5.11 Å². The van der Waals surface area contributed by atoms with Gasteiger partial charge in [0.1, 0.15) is 11.5 Å². The Labute approximate surface area is 96.4 Å². The van der Waals surface area contributed by atoms with Crippen molar-refractivity contribution in [2.75, 3.05) is 13.7 Å². The summed E-state index contributed by atoms with van der Waals surface area (Å²) < 4.78 is 5.09. The minimum Gasteiger partial charge on any atom is -0.508 e. The molecular formula is C13H17NO2. The van der Waals surface area contributed by atoms with E-state index in [-0.39, 0.29) is 5.75 Å². The summed E-state index contributed by atoms with van der Waals surface area (Å²) in [4.78, 5) is 0. The molecule has 0 aliphatic carbocycles. The molecule has 0 bridgehead atoms. The van der Waals surface area contributed by atoms with Crippen molar-refractivity contribution in [2.45, 2.75) is 19.4 Å². The van der Waals surface area contributed by atoms with Gasteiger partial charge in [-0.1, -0.05) is 0 Å². The first-order valence-corrected chi connectivity index (χ1v) is 5.28. The van der Waals surface area contributed by atoms with Crippen molar-refractivity contribution >= 4 is 0 Å². The highest BCUT2D eigenvalue weighted by atomic mass is 16.5. The Bertz CT molecular complexity index is 369. The van der Waals surface area contributed by atoms with Gasteiger partial charge >= 0.3 is 0 Å². The minimum atomic E-state index is 0.283. The maximum absolute atomic E-state index is 9.61. The molecule has 3 heteroatoms. The highest BCUT2D eigenvalue weighted by molar-refractivity contribution is 5.39. The molecule has 0 aromatic heterocycles. The molecule has 3 nitrogen and oxygen atoms in total. The Kier molecular flexibility index (Phi) is 5.24. The van der Waals surface area contributed by atoms with E-state index in [0.717, 1.165) is 30.7 Å². The molecule has 2 N–H and O–H groups in total. The lowest BCUT2D eigenvalue weighted by Crippen LogP contribution is -2.14. The highest BCUT2D eigenvalue weighted by Gasteiger charge is 2.02. The molecule has 0 aliphatic heterocycles. The Balaban J connectivity index is 2.43. The van der Waals surface area contributed by atoms with Crippen LogP contribution in [-0.4, -0.2) is 18.8 Å². The minimum absolute atomic E-state index is 0.283. The maximum atomic E-state index is 9.61. The summed E-state index contributed by atoms with van der Waals surface area (Å²) >= 11 is 0. The zero-order valence-corrected chi connectivity index (χ0v) is 9.49. The summed E-state index contributed by atoms with van der Waals surface area (Å²) in [6.45, 7) is 1.47. The SMILES string of the molecule is C#CCCCNCc1cc(OC)ccc1O. The first-order chi connectivity index (χ1) is 7.77. The Morgan fingerprint density at radius 2 is 2.31 bits per heavy atom. The van der Waals surface area contributed by atoms with Gasteiger partial charge in [-0.25, -0.2) is 0 Å². The number of phenolic OH excluding ortho intramolecular Hbond substituents is 1. The molecule has 1 aromatic carbocycles. The van der Waals surface area contributed by atoms with Crippen LogP contribution >= 0.6 is 0 Å². The number of phenols is 1. The molecule has 0 saturated carbocycles. The lowest BCUT2D eigenvalue weighted by molar-refractivity contribution is 0.410. The van der Waals surface area contributed by atoms with Gasteiger partial charge in [0.05, 0.1) is 7.11 Å². The standard InChI is InChI=1S/C13H17NO2/c1-3-4-5-8-14-10-11-9-12(16-2)6-7-13(11)15/h1,6-7,9,14-15H,4-5,8,10H2,2H3. The molecule has 0 atom stereocenters. The van der Waals surface area contributed by atoms with Gasteiger partial charge in [0.25, 0.3) is 0 Å². The van der Waals surface area contributed by atoms with Crippen LogP contribution in [0.4, 0.5) is 0 Å². The van der Waals surface area contributed by atoms with Crippen LogP contribution < -0.4 is 10.1 Å². The number of methoxy groups -OCH3 is 1. The van der Waals surface area contributed by atoms with Crippen molar-refractivity contribution < 1.29 is 9.84 Å². The molecule has 86 valence electrons. The van der Waals surface area contributed by atoms with E-state index in [1.165, 1.54) is 0 Å². The third-order valence-electron chi connectivity index (χ3n) is 2.28. The van der Waals surface area contributed by atoms with Crippen LogP contribution in [0.2, 0.25) is 0 Å². The average molecular weight is 219 g/mol. The largest absolute Gasteiger partial charge is 0.508 e. The van der Waals surface area contributed by atoms with Gasteiger partial charge in [-0.3, -0.25) is 0 Å². The van der Waals surface area contributed by atoms with E-state index in [2.05, 4.69) is 11.2 Å². The van der Waals surface area contributed by atoms with Gasteiger partial charge in [0, 0.05) is 18.5 Å². The van der Waals surface area contributed by atoms with Gasteiger partial charge in [-0.15, -0.1) is 12.3 Å². The lowest BCUT2D eigenvalue weighted by atomic mass is 10.2. The van der Waals surface area contributed by atoms with Crippen LogP contribution in [0.1, 0.15) is 18.4 Å². The Morgan fingerprint density at radius 3 is 3.00 bits per heavy atom. The van der Waals surface area contributed by atoms with E-state index in [1.807, 2.05) is 6.07 Å². The molecule has 1 rings (SSSR count). The molecule has 16 heavy (non-hydrogen) atoms. The molecule has 0 fully saturated rings. The number of rotatable bonds is 6. The Hall–Kier alpha value is -1.66. The third kappa shape index (κ3) is 3.84. The summed E-state index contributed by atoms with van der Waals surface area (Å²) in [6.07, 6.45) is 6.87. The van der Waals surface area contributed by atoms with Gasteiger partial charge in [0.2, 0.25) is 0 Å². The molecule has 0 heterocycles. The molecule has 0 unspecified atom stereocenters. The fourth-order valence-corrected chi connectivity index (χ4v) is 1.37. The van der Waals surface area contributed by atoms with Crippen molar-refractivity contribution in [1.29, 1.82) is 0 Å². The van der Waals surface area contributed by atoms with E-state index >= 15 is 0 Å². The number of terminal acetylenes is 1. The summed E-state index contributed by atoms with van der Waals surface area (Å²) in [5.74, 6) is 3.62. The summed E-state index contributed by atoms with van der Waals surface area (Å²) in [6, 6.07) is 5.19. The fraction of sp³-hybridized carbons (Fsp3) is 0.385. The molecule has 0 spiro atoms. The van der Waals surface area contributed by atoms with Crippen LogP contribution in [0.5, 0.6) is 11.5 Å². The maximum Gasteiger partial charge on any atom is 0.120 e. The predicted octanol–water partition coefficient (Wildman–Crippen LogP) is 1.90. The van der Waals surface area contributed by atoms with E-state index < -0.39 is 0 Å². The van der Waals surface area contributed by atoms with E-state index in [0.29, 0.717) is 6.54 Å². The first-order valence-electron chi connectivity index (χ1n) is 5.28. The number of hydrogen-bond acceptors (Lipinski definition) is 3. The van der Waals surface area contributed by atoms with Crippen LogP contribution in [0, 0.1) is 12.3 Å². The summed E-state index contributed by atoms with van der Waals surface area (Å²) in [7, 11) is 1.61. The molecule has 1 aromatic rings. The zero-order valence-electron chi connectivity index (χ0n) is 9.49. The topological polar surface area (TPSA) is 41.5 Å². The van der Waals surface area contributed by atoms with Crippen molar-refractivity contribution in [3.05, 3.63) is 23.8 Å². The lowest BCUT2D eigenvalue weighted by Gasteiger charge is -2.08. The van der Waals surface area contributed by atoms with Gasteiger partial charge in [-0.05, 0) is 31.2 Å². The number of benzene rings is 1. The number of ether oxygens (including phenoxy) is 1. The van der Waals surface area contributed by atoms with E-state index in [4.69, 9.17) is 11.2 Å². The molecule has 0 saturated heterocycles. The number of hydrogen-bond donors (Lipinski definition) is 2. The molecule has 0 amide bonds. The molecule has 0 radical (unpaired) electrons. The Morgan fingerprint density at radius 1 is 1.50 bits per heavy atom. The van der Waals surface area contributed by atoms with Crippen LogP contribution in [0.15, 0.2) is 18.2 Å². The van der Waals surface area contributed by atoms with Gasteiger partial charge in [-0.2, -0.15) is 0 Å². The van der Waals surface area contributed by atoms with Gasteiger partial charge < -0.3 is 15.2 Å². The predicted molar refractivity (Wildman–Crippen MR) is 64.4 cm³/mol. The molecular weight excluding hydrogens is 202 g/mol. The van der Waals surface area contributed by atoms with Gasteiger partial charge in [0.15, 0.2) is 0 Å². The van der Waals surface area contributed by atoms with Crippen LogP contribution in [-0.2, 0) is 6.54 Å². The fourth-order valence-electron chi connectivity index (χ4n) is 1.37. The number of nitrogens with one attached hydrogen (secondary N) is 1. The zero-order chi connectivity index (χ0) is 11.8. The molecule has 0 aliphatic rings. The summed E-state index contributed by atoms with van der Waals surface area (Å²) in [5, 5.41) is 12.8. The van der Waals surface area contributed by atoms with Crippen LogP contribution in [0.25, 0.3) is 0 Å². The summed E-state index contributed by atoms with van der Waals surface area (Å²) in [5.41, 5.74) is 0.833. The van der Waals surface area contributed by atoms with Crippen molar-refractivity contribution in [3.8, 4) is 23.8 Å². The second kappa shape index (κ2) is 6.76. The first kappa shape index (κ1) is 12.4.